The first-order valence-electron chi connectivity index (χ1n) is 7.94. The summed E-state index contributed by atoms with van der Waals surface area (Å²) < 4.78 is 10.5. The predicted octanol–water partition coefficient (Wildman–Crippen LogP) is 5.12. The van der Waals surface area contributed by atoms with Crippen LogP contribution in [0.2, 0.25) is 5.02 Å². The second kappa shape index (κ2) is 8.21. The van der Waals surface area contributed by atoms with Crippen LogP contribution in [0.1, 0.15) is 17.3 Å². The Morgan fingerprint density at radius 3 is 2.65 bits per heavy atom. The van der Waals surface area contributed by atoms with E-state index >= 15 is 0 Å². The monoisotopic (exact) mass is 388 g/mol. The molecule has 0 aliphatic carbocycles. The van der Waals surface area contributed by atoms with Crippen molar-refractivity contribution in [2.75, 3.05) is 19.0 Å². The minimum absolute atomic E-state index is 0.273. The van der Waals surface area contributed by atoms with E-state index in [2.05, 4.69) is 10.3 Å². The lowest BCUT2D eigenvalue weighted by Gasteiger charge is -2.07. The molecule has 0 spiro atoms. The first kappa shape index (κ1) is 18.2. The molecule has 0 radical (unpaired) electrons. The summed E-state index contributed by atoms with van der Waals surface area (Å²) in [5.74, 6) is 1.07. The van der Waals surface area contributed by atoms with Gasteiger partial charge in [-0.05, 0) is 49.4 Å². The highest BCUT2D eigenvalue weighted by atomic mass is 35.5. The van der Waals surface area contributed by atoms with Crippen molar-refractivity contribution in [3.8, 4) is 22.8 Å². The average molecular weight is 389 g/mol. The number of hydrogen-bond donors (Lipinski definition) is 1. The number of thiazole rings is 1. The molecule has 3 aromatic rings. The van der Waals surface area contributed by atoms with Gasteiger partial charge in [0, 0.05) is 16.5 Å². The number of benzene rings is 2. The van der Waals surface area contributed by atoms with Gasteiger partial charge in [-0.1, -0.05) is 11.6 Å². The lowest BCUT2D eigenvalue weighted by molar-refractivity contribution is 0.102. The maximum absolute atomic E-state index is 12.4. The number of methoxy groups -OCH3 is 1. The summed E-state index contributed by atoms with van der Waals surface area (Å²) in [4.78, 5) is 16.9. The van der Waals surface area contributed by atoms with Crippen LogP contribution in [0.25, 0.3) is 11.3 Å². The van der Waals surface area contributed by atoms with Crippen molar-refractivity contribution >= 4 is 34.0 Å². The molecular weight excluding hydrogens is 372 g/mol. The fourth-order valence-corrected chi connectivity index (χ4v) is 3.26. The number of anilines is 1. The SMILES string of the molecule is CCOc1ccc(C(=O)Nc2nc(-c3ccc(OC)cc3)cs2)cc1Cl. The van der Waals surface area contributed by atoms with Gasteiger partial charge in [0.1, 0.15) is 11.5 Å². The summed E-state index contributed by atoms with van der Waals surface area (Å²) in [6.07, 6.45) is 0. The Hall–Kier alpha value is -2.57. The summed E-state index contributed by atoms with van der Waals surface area (Å²) in [6.45, 7) is 2.39. The van der Waals surface area contributed by atoms with Gasteiger partial charge in [0.25, 0.3) is 5.91 Å². The van der Waals surface area contributed by atoms with Gasteiger partial charge < -0.3 is 9.47 Å². The molecule has 134 valence electrons. The molecule has 0 aliphatic heterocycles. The predicted molar refractivity (Wildman–Crippen MR) is 105 cm³/mol. The molecule has 1 heterocycles. The Morgan fingerprint density at radius 2 is 2.00 bits per heavy atom. The van der Waals surface area contributed by atoms with Crippen LogP contribution in [0.3, 0.4) is 0 Å². The van der Waals surface area contributed by atoms with Crippen molar-refractivity contribution < 1.29 is 14.3 Å². The van der Waals surface area contributed by atoms with Crippen LogP contribution in [0.15, 0.2) is 47.8 Å². The fourth-order valence-electron chi connectivity index (χ4n) is 2.31. The van der Waals surface area contributed by atoms with Crippen LogP contribution in [0, 0.1) is 0 Å². The highest BCUT2D eigenvalue weighted by Gasteiger charge is 2.12. The third-order valence-electron chi connectivity index (χ3n) is 3.60. The van der Waals surface area contributed by atoms with Gasteiger partial charge >= 0.3 is 0 Å². The van der Waals surface area contributed by atoms with E-state index < -0.39 is 0 Å². The van der Waals surface area contributed by atoms with E-state index in [4.69, 9.17) is 21.1 Å². The van der Waals surface area contributed by atoms with Gasteiger partial charge in [0.15, 0.2) is 5.13 Å². The van der Waals surface area contributed by atoms with Crippen LogP contribution >= 0.6 is 22.9 Å². The molecule has 5 nitrogen and oxygen atoms in total. The van der Waals surface area contributed by atoms with Crippen LogP contribution < -0.4 is 14.8 Å². The van der Waals surface area contributed by atoms with E-state index in [9.17, 15) is 4.79 Å². The van der Waals surface area contributed by atoms with Gasteiger partial charge in [-0.15, -0.1) is 11.3 Å². The number of carbonyl (C=O) groups is 1. The molecular formula is C19H17ClN2O3S. The van der Waals surface area contributed by atoms with Gasteiger partial charge in [-0.2, -0.15) is 0 Å². The Morgan fingerprint density at radius 1 is 1.23 bits per heavy atom. The molecule has 2 aromatic carbocycles. The summed E-state index contributed by atoms with van der Waals surface area (Å²) in [7, 11) is 1.62. The third kappa shape index (κ3) is 4.15. The van der Waals surface area contributed by atoms with Crippen molar-refractivity contribution in [3.05, 3.63) is 58.4 Å². The summed E-state index contributed by atoms with van der Waals surface area (Å²) in [6, 6.07) is 12.5. The maximum atomic E-state index is 12.4. The number of nitrogens with one attached hydrogen (secondary N) is 1. The molecule has 1 amide bonds. The van der Waals surface area contributed by atoms with Crippen molar-refractivity contribution in [1.29, 1.82) is 0 Å². The molecule has 0 saturated heterocycles. The van der Waals surface area contributed by atoms with Gasteiger partial charge in [-0.3, -0.25) is 10.1 Å². The average Bonchev–Trinajstić information content (AvgIpc) is 3.12. The van der Waals surface area contributed by atoms with Crippen molar-refractivity contribution in [1.82, 2.24) is 4.98 Å². The first-order chi connectivity index (χ1) is 12.6. The maximum Gasteiger partial charge on any atom is 0.257 e. The lowest BCUT2D eigenvalue weighted by atomic mass is 10.2. The van der Waals surface area contributed by atoms with Crippen molar-refractivity contribution in [2.45, 2.75) is 6.92 Å². The summed E-state index contributed by atoms with van der Waals surface area (Å²) in [5, 5.41) is 5.61. The zero-order chi connectivity index (χ0) is 18.5. The number of aromatic nitrogens is 1. The van der Waals surface area contributed by atoms with Crippen molar-refractivity contribution in [3.63, 3.8) is 0 Å². The first-order valence-corrected chi connectivity index (χ1v) is 9.20. The second-order valence-electron chi connectivity index (χ2n) is 5.30. The Labute approximate surface area is 160 Å². The Balaban J connectivity index is 1.72. The van der Waals surface area contributed by atoms with E-state index in [0.29, 0.717) is 28.1 Å². The van der Waals surface area contributed by atoms with Gasteiger partial charge in [-0.25, -0.2) is 4.98 Å². The van der Waals surface area contributed by atoms with E-state index in [1.165, 1.54) is 11.3 Å². The van der Waals surface area contributed by atoms with Crippen LogP contribution in [0.4, 0.5) is 5.13 Å². The number of ether oxygens (including phenoxy) is 2. The van der Waals surface area contributed by atoms with Crippen molar-refractivity contribution in [2.24, 2.45) is 0 Å². The van der Waals surface area contributed by atoms with E-state index in [0.717, 1.165) is 17.0 Å². The Bertz CT molecular complexity index is 909. The molecule has 3 rings (SSSR count). The minimum Gasteiger partial charge on any atom is -0.497 e. The number of amides is 1. The lowest BCUT2D eigenvalue weighted by Crippen LogP contribution is -2.11. The molecule has 0 fully saturated rings. The molecule has 0 saturated carbocycles. The van der Waals surface area contributed by atoms with E-state index in [1.807, 2.05) is 36.6 Å². The second-order valence-corrected chi connectivity index (χ2v) is 6.56. The zero-order valence-electron chi connectivity index (χ0n) is 14.3. The topological polar surface area (TPSA) is 60.5 Å². The molecule has 0 atom stereocenters. The molecule has 1 aromatic heterocycles. The Kier molecular flexibility index (Phi) is 5.75. The highest BCUT2D eigenvalue weighted by Crippen LogP contribution is 2.28. The van der Waals surface area contributed by atoms with Crippen LogP contribution in [-0.2, 0) is 0 Å². The van der Waals surface area contributed by atoms with E-state index in [-0.39, 0.29) is 5.91 Å². The smallest absolute Gasteiger partial charge is 0.257 e. The van der Waals surface area contributed by atoms with Gasteiger partial charge in [0.2, 0.25) is 0 Å². The molecule has 1 N–H and O–H groups in total. The number of nitrogens with zero attached hydrogens (tertiary/aromatic N) is 1. The number of hydrogen-bond acceptors (Lipinski definition) is 5. The standard InChI is InChI=1S/C19H17ClN2O3S/c1-3-25-17-9-6-13(10-15(17)20)18(23)22-19-21-16(11-26-19)12-4-7-14(24-2)8-5-12/h4-11H,3H2,1-2H3,(H,21,22,23). The van der Waals surface area contributed by atoms with E-state index in [1.54, 1.807) is 25.3 Å². The number of halogens is 1. The number of carbonyl (C=O) groups excluding carboxylic acids is 1. The fraction of sp³-hybridized carbons (Fsp3) is 0.158. The zero-order valence-corrected chi connectivity index (χ0v) is 15.9. The normalized spacial score (nSPS) is 10.4. The van der Waals surface area contributed by atoms with Crippen LogP contribution in [-0.4, -0.2) is 24.6 Å². The molecule has 0 aliphatic rings. The largest absolute Gasteiger partial charge is 0.497 e. The van der Waals surface area contributed by atoms with Crippen LogP contribution in [0.5, 0.6) is 11.5 Å². The highest BCUT2D eigenvalue weighted by molar-refractivity contribution is 7.14. The number of rotatable bonds is 6. The molecule has 0 unspecified atom stereocenters. The minimum atomic E-state index is -0.273. The summed E-state index contributed by atoms with van der Waals surface area (Å²) >= 11 is 7.50. The quantitative estimate of drug-likeness (QED) is 0.636. The third-order valence-corrected chi connectivity index (χ3v) is 4.66. The molecule has 7 heteroatoms. The molecule has 26 heavy (non-hydrogen) atoms. The summed E-state index contributed by atoms with van der Waals surface area (Å²) in [5.41, 5.74) is 2.18. The molecule has 0 bridgehead atoms. The van der Waals surface area contributed by atoms with Gasteiger partial charge in [0.05, 0.1) is 24.4 Å².